The molecule has 24 heavy (non-hydrogen) atoms. The Hall–Kier alpha value is -2.12. The Morgan fingerprint density at radius 2 is 1.88 bits per heavy atom. The van der Waals surface area contributed by atoms with Crippen molar-refractivity contribution in [2.45, 2.75) is 38.5 Å². The molecule has 130 valence electrons. The van der Waals surface area contributed by atoms with E-state index in [-0.39, 0.29) is 17.6 Å². The summed E-state index contributed by atoms with van der Waals surface area (Å²) in [6, 6.07) is 4.49. The predicted octanol–water partition coefficient (Wildman–Crippen LogP) is 1.47. The van der Waals surface area contributed by atoms with Crippen LogP contribution < -0.4 is 4.74 Å². The summed E-state index contributed by atoms with van der Waals surface area (Å²) in [5.41, 5.74) is 0.336. The highest BCUT2D eigenvalue weighted by atomic mass is 16.7. The standard InChI is InChI=1S/C17H22N2O5/c1-17(2,3)19-13(9-6-7-10(20)11(8-9)23-5)12-14(24-19)16(22)18(4)15(12)21/h6-8,12-14,20H,1-5H3. The number of hydrogen-bond donors (Lipinski definition) is 1. The molecule has 0 radical (unpaired) electrons. The maximum absolute atomic E-state index is 12.6. The van der Waals surface area contributed by atoms with Gasteiger partial charge in [-0.1, -0.05) is 6.07 Å². The van der Waals surface area contributed by atoms with Crippen LogP contribution in [0.1, 0.15) is 32.4 Å². The van der Waals surface area contributed by atoms with Crippen LogP contribution in [0.15, 0.2) is 18.2 Å². The van der Waals surface area contributed by atoms with Gasteiger partial charge in [-0.15, -0.1) is 0 Å². The molecular formula is C17H22N2O5. The van der Waals surface area contributed by atoms with Crippen molar-refractivity contribution in [1.82, 2.24) is 9.96 Å². The number of benzene rings is 1. The Morgan fingerprint density at radius 3 is 2.46 bits per heavy atom. The zero-order valence-electron chi connectivity index (χ0n) is 14.4. The molecule has 2 amide bonds. The molecule has 2 aliphatic heterocycles. The number of nitrogens with zero attached hydrogens (tertiary/aromatic N) is 2. The first-order valence-corrected chi connectivity index (χ1v) is 7.81. The van der Waals surface area contributed by atoms with Gasteiger partial charge in [0.2, 0.25) is 5.91 Å². The molecule has 0 aromatic heterocycles. The fourth-order valence-corrected chi connectivity index (χ4v) is 3.35. The van der Waals surface area contributed by atoms with Gasteiger partial charge in [0.1, 0.15) is 0 Å². The molecule has 1 aromatic carbocycles. The zero-order valence-corrected chi connectivity index (χ0v) is 14.4. The van der Waals surface area contributed by atoms with Gasteiger partial charge in [-0.05, 0) is 38.5 Å². The number of hydroxylamine groups is 2. The van der Waals surface area contributed by atoms with Crippen LogP contribution in [0.25, 0.3) is 0 Å². The van der Waals surface area contributed by atoms with Crippen molar-refractivity contribution in [2.24, 2.45) is 5.92 Å². The number of aromatic hydroxyl groups is 1. The minimum atomic E-state index is -0.813. The molecule has 0 bridgehead atoms. The van der Waals surface area contributed by atoms with Crippen LogP contribution in [0.3, 0.4) is 0 Å². The van der Waals surface area contributed by atoms with Crippen LogP contribution in [0.4, 0.5) is 0 Å². The number of hydrogen-bond acceptors (Lipinski definition) is 6. The second-order valence-corrected chi connectivity index (χ2v) is 7.16. The van der Waals surface area contributed by atoms with Crippen molar-refractivity contribution >= 4 is 11.8 Å². The smallest absolute Gasteiger partial charge is 0.261 e. The fraction of sp³-hybridized carbons (Fsp3) is 0.529. The van der Waals surface area contributed by atoms with Gasteiger partial charge in [0.15, 0.2) is 17.6 Å². The Bertz CT molecular complexity index is 697. The molecule has 2 saturated heterocycles. The quantitative estimate of drug-likeness (QED) is 0.825. The minimum Gasteiger partial charge on any atom is -0.504 e. The number of fused-ring (bicyclic) bond motifs is 1. The van der Waals surface area contributed by atoms with Gasteiger partial charge in [-0.25, -0.2) is 0 Å². The van der Waals surface area contributed by atoms with Crippen molar-refractivity contribution in [2.75, 3.05) is 14.2 Å². The monoisotopic (exact) mass is 334 g/mol. The summed E-state index contributed by atoms with van der Waals surface area (Å²) in [6.07, 6.45) is -0.813. The number of rotatable bonds is 2. The lowest BCUT2D eigenvalue weighted by Gasteiger charge is -2.36. The lowest BCUT2D eigenvalue weighted by atomic mass is 9.89. The van der Waals surface area contributed by atoms with Gasteiger partial charge >= 0.3 is 0 Å². The maximum atomic E-state index is 12.6. The van der Waals surface area contributed by atoms with Crippen molar-refractivity contribution in [3.8, 4) is 11.5 Å². The van der Waals surface area contributed by atoms with Gasteiger partial charge in [0.25, 0.3) is 5.91 Å². The summed E-state index contributed by atoms with van der Waals surface area (Å²) in [7, 11) is 2.94. The number of phenols is 1. The van der Waals surface area contributed by atoms with Crippen LogP contribution in [0.2, 0.25) is 0 Å². The summed E-state index contributed by atoms with van der Waals surface area (Å²) in [4.78, 5) is 31.9. The number of imide groups is 1. The third kappa shape index (κ3) is 2.35. The number of carbonyl (C=O) groups is 2. The van der Waals surface area contributed by atoms with Gasteiger partial charge in [-0.2, -0.15) is 5.06 Å². The van der Waals surface area contributed by atoms with E-state index in [1.54, 1.807) is 17.2 Å². The summed E-state index contributed by atoms with van der Waals surface area (Å²) < 4.78 is 5.17. The Labute approximate surface area is 140 Å². The van der Waals surface area contributed by atoms with E-state index in [1.165, 1.54) is 20.2 Å². The van der Waals surface area contributed by atoms with E-state index >= 15 is 0 Å². The molecule has 0 spiro atoms. The fourth-order valence-electron chi connectivity index (χ4n) is 3.35. The molecule has 3 rings (SSSR count). The zero-order chi connectivity index (χ0) is 17.8. The molecule has 7 heteroatoms. The summed E-state index contributed by atoms with van der Waals surface area (Å²) in [5.74, 6) is -0.864. The van der Waals surface area contributed by atoms with E-state index in [0.717, 1.165) is 10.5 Å². The number of carbonyl (C=O) groups excluding carboxylic acids is 2. The number of ether oxygens (including phenoxy) is 1. The number of likely N-dealkylation sites (N-methyl/N-ethyl adjacent to an activating group) is 1. The van der Waals surface area contributed by atoms with Crippen LogP contribution >= 0.6 is 0 Å². The van der Waals surface area contributed by atoms with Crippen LogP contribution in [0.5, 0.6) is 11.5 Å². The Kier molecular flexibility index (Phi) is 3.80. The minimum absolute atomic E-state index is 0.0185. The normalized spacial score (nSPS) is 27.7. The molecule has 7 nitrogen and oxygen atoms in total. The molecule has 1 N–H and O–H groups in total. The van der Waals surface area contributed by atoms with Gasteiger partial charge in [0, 0.05) is 12.6 Å². The van der Waals surface area contributed by atoms with Crippen molar-refractivity contribution in [3.63, 3.8) is 0 Å². The lowest BCUT2D eigenvalue weighted by Crippen LogP contribution is -2.43. The lowest BCUT2D eigenvalue weighted by molar-refractivity contribution is -0.215. The van der Waals surface area contributed by atoms with Crippen LogP contribution in [0, 0.1) is 5.92 Å². The average Bonchev–Trinajstić information content (AvgIpc) is 3.01. The highest BCUT2D eigenvalue weighted by molar-refractivity contribution is 6.07. The molecule has 3 atom stereocenters. The first kappa shape index (κ1) is 16.7. The Balaban J connectivity index is 2.10. The van der Waals surface area contributed by atoms with Crippen LogP contribution in [-0.4, -0.2) is 52.7 Å². The second-order valence-electron chi connectivity index (χ2n) is 7.16. The topological polar surface area (TPSA) is 79.3 Å². The largest absolute Gasteiger partial charge is 0.504 e. The second kappa shape index (κ2) is 5.46. The van der Waals surface area contributed by atoms with E-state index in [0.29, 0.717) is 5.75 Å². The van der Waals surface area contributed by atoms with E-state index in [4.69, 9.17) is 9.57 Å². The van der Waals surface area contributed by atoms with E-state index in [2.05, 4.69) is 0 Å². The van der Waals surface area contributed by atoms with E-state index in [9.17, 15) is 14.7 Å². The number of amides is 2. The summed E-state index contributed by atoms with van der Waals surface area (Å²) in [5, 5.41) is 11.5. The van der Waals surface area contributed by atoms with Gasteiger partial charge in [-0.3, -0.25) is 19.3 Å². The third-order valence-corrected chi connectivity index (χ3v) is 4.54. The van der Waals surface area contributed by atoms with Crippen LogP contribution in [-0.2, 0) is 14.4 Å². The van der Waals surface area contributed by atoms with E-state index in [1.807, 2.05) is 20.8 Å². The van der Waals surface area contributed by atoms with Gasteiger partial charge in [0.05, 0.1) is 19.1 Å². The molecule has 2 heterocycles. The molecule has 0 aliphatic carbocycles. The third-order valence-electron chi connectivity index (χ3n) is 4.54. The summed E-state index contributed by atoms with van der Waals surface area (Å²) >= 11 is 0. The van der Waals surface area contributed by atoms with Crippen molar-refractivity contribution in [3.05, 3.63) is 23.8 Å². The Morgan fingerprint density at radius 1 is 1.21 bits per heavy atom. The van der Waals surface area contributed by atoms with E-state index < -0.39 is 23.6 Å². The molecule has 2 fully saturated rings. The average molecular weight is 334 g/mol. The summed E-state index contributed by atoms with van der Waals surface area (Å²) in [6.45, 7) is 5.87. The van der Waals surface area contributed by atoms with Crippen molar-refractivity contribution < 1.29 is 24.3 Å². The SMILES string of the molecule is COc1cc(C2C3C(=O)N(C)C(=O)C3ON2C(C)(C)C)ccc1O. The molecule has 2 aliphatic rings. The first-order chi connectivity index (χ1) is 11.2. The van der Waals surface area contributed by atoms with Crippen molar-refractivity contribution in [1.29, 1.82) is 0 Å². The first-order valence-electron chi connectivity index (χ1n) is 7.81. The molecular weight excluding hydrogens is 312 g/mol. The predicted molar refractivity (Wildman–Crippen MR) is 85.1 cm³/mol. The molecule has 1 aromatic rings. The highest BCUT2D eigenvalue weighted by Crippen LogP contribution is 2.48. The number of phenolic OH excluding ortho intramolecular Hbond substituents is 1. The molecule has 0 saturated carbocycles. The number of likely N-dealkylation sites (tertiary alicyclic amines) is 1. The molecule has 3 unspecified atom stereocenters. The van der Waals surface area contributed by atoms with Gasteiger partial charge < -0.3 is 9.84 Å². The maximum Gasteiger partial charge on any atom is 0.261 e. The number of methoxy groups -OCH3 is 1. The highest BCUT2D eigenvalue weighted by Gasteiger charge is 2.60.